The lowest BCUT2D eigenvalue weighted by Gasteiger charge is -2.43. The van der Waals surface area contributed by atoms with E-state index in [0.717, 1.165) is 25.2 Å². The zero-order valence-corrected chi connectivity index (χ0v) is 13.6. The zero-order valence-electron chi connectivity index (χ0n) is 13.6. The van der Waals surface area contributed by atoms with Crippen molar-refractivity contribution in [3.63, 3.8) is 0 Å². The molecule has 1 unspecified atom stereocenters. The average Bonchev–Trinajstić information content (AvgIpc) is 3.35. The standard InChI is InChI=1S/C18H25FN2O2/c1-13-11-21(8-7-20(13)12-17(22)23)18(15-5-6-15)16-4-2-3-14(9-16)10-19/h2-4,9,13,15,18H,5-8,10-12H2,1H3,(H,22,23)/t13-,18?/m1/s1. The molecule has 3 rings (SSSR count). The molecule has 1 saturated heterocycles. The van der Waals surface area contributed by atoms with Crippen LogP contribution in [0.4, 0.5) is 4.39 Å². The predicted molar refractivity (Wildman–Crippen MR) is 87.0 cm³/mol. The first-order valence-electron chi connectivity index (χ1n) is 8.43. The minimum absolute atomic E-state index is 0.112. The second kappa shape index (κ2) is 6.97. The van der Waals surface area contributed by atoms with Crippen LogP contribution in [-0.2, 0) is 11.5 Å². The summed E-state index contributed by atoms with van der Waals surface area (Å²) in [5.74, 6) is -0.109. The molecule has 0 spiro atoms. The molecule has 5 heteroatoms. The predicted octanol–water partition coefficient (Wildman–Crippen LogP) is 2.70. The van der Waals surface area contributed by atoms with Gasteiger partial charge in [0.1, 0.15) is 6.67 Å². The Morgan fingerprint density at radius 2 is 2.17 bits per heavy atom. The third-order valence-electron chi connectivity index (χ3n) is 5.04. The Balaban J connectivity index is 1.73. The molecule has 23 heavy (non-hydrogen) atoms. The van der Waals surface area contributed by atoms with Crippen LogP contribution in [-0.4, -0.2) is 53.1 Å². The molecule has 2 aliphatic rings. The number of carboxylic acids is 1. The topological polar surface area (TPSA) is 43.8 Å². The number of carboxylic acid groups (broad SMARTS) is 1. The van der Waals surface area contributed by atoms with Crippen LogP contribution in [0, 0.1) is 5.92 Å². The van der Waals surface area contributed by atoms with Gasteiger partial charge in [-0.15, -0.1) is 0 Å². The second-order valence-corrected chi connectivity index (χ2v) is 6.87. The molecular weight excluding hydrogens is 295 g/mol. The van der Waals surface area contributed by atoms with Crippen molar-refractivity contribution < 1.29 is 14.3 Å². The summed E-state index contributed by atoms with van der Waals surface area (Å²) >= 11 is 0. The monoisotopic (exact) mass is 320 g/mol. The fourth-order valence-electron chi connectivity index (χ4n) is 3.74. The van der Waals surface area contributed by atoms with Crippen molar-refractivity contribution in [2.45, 2.75) is 38.5 Å². The normalized spacial score (nSPS) is 24.5. The van der Waals surface area contributed by atoms with E-state index < -0.39 is 12.6 Å². The molecule has 1 aliphatic carbocycles. The average molecular weight is 320 g/mol. The molecule has 0 bridgehead atoms. The van der Waals surface area contributed by atoms with E-state index in [2.05, 4.69) is 17.9 Å². The maximum Gasteiger partial charge on any atom is 0.317 e. The third-order valence-corrected chi connectivity index (χ3v) is 5.04. The van der Waals surface area contributed by atoms with Crippen LogP contribution in [0.25, 0.3) is 0 Å². The Hall–Kier alpha value is -1.46. The van der Waals surface area contributed by atoms with E-state index in [4.69, 9.17) is 5.11 Å². The van der Waals surface area contributed by atoms with Crippen molar-refractivity contribution in [1.82, 2.24) is 9.80 Å². The van der Waals surface area contributed by atoms with Crippen LogP contribution < -0.4 is 0 Å². The van der Waals surface area contributed by atoms with E-state index >= 15 is 0 Å². The fourth-order valence-corrected chi connectivity index (χ4v) is 3.74. The number of piperazine rings is 1. The summed E-state index contributed by atoms with van der Waals surface area (Å²) in [6.07, 6.45) is 2.46. The summed E-state index contributed by atoms with van der Waals surface area (Å²) in [5, 5.41) is 9.00. The van der Waals surface area contributed by atoms with Gasteiger partial charge in [0.25, 0.3) is 0 Å². The van der Waals surface area contributed by atoms with Gasteiger partial charge in [-0.2, -0.15) is 0 Å². The van der Waals surface area contributed by atoms with Gasteiger partial charge in [0.2, 0.25) is 0 Å². The summed E-state index contributed by atoms with van der Waals surface area (Å²) in [5.41, 5.74) is 1.95. The molecule has 1 aromatic rings. The molecular formula is C18H25FN2O2. The number of hydrogen-bond acceptors (Lipinski definition) is 3. The van der Waals surface area contributed by atoms with Crippen molar-refractivity contribution in [3.05, 3.63) is 35.4 Å². The van der Waals surface area contributed by atoms with E-state index in [1.165, 1.54) is 18.4 Å². The van der Waals surface area contributed by atoms with E-state index in [-0.39, 0.29) is 12.6 Å². The van der Waals surface area contributed by atoms with Crippen LogP contribution in [0.1, 0.15) is 36.9 Å². The Labute approximate surface area is 136 Å². The lowest BCUT2D eigenvalue weighted by Crippen LogP contribution is -2.54. The number of hydrogen-bond donors (Lipinski definition) is 1. The molecule has 4 nitrogen and oxygen atoms in total. The highest BCUT2D eigenvalue weighted by atomic mass is 19.1. The molecule has 1 N–H and O–H groups in total. The Bertz CT molecular complexity index is 562. The third kappa shape index (κ3) is 3.90. The number of carbonyl (C=O) groups is 1. The van der Waals surface area contributed by atoms with Gasteiger partial charge in [0, 0.05) is 31.7 Å². The van der Waals surface area contributed by atoms with E-state index in [9.17, 15) is 9.18 Å². The first-order valence-corrected chi connectivity index (χ1v) is 8.43. The first kappa shape index (κ1) is 16.4. The van der Waals surface area contributed by atoms with Gasteiger partial charge in [-0.1, -0.05) is 24.3 Å². The quantitative estimate of drug-likeness (QED) is 0.875. The van der Waals surface area contributed by atoms with Gasteiger partial charge in [-0.25, -0.2) is 4.39 Å². The van der Waals surface area contributed by atoms with Gasteiger partial charge in [-0.05, 0) is 36.8 Å². The summed E-state index contributed by atoms with van der Waals surface area (Å²) in [6.45, 7) is 4.30. The van der Waals surface area contributed by atoms with Crippen LogP contribution in [0.5, 0.6) is 0 Å². The molecule has 126 valence electrons. The van der Waals surface area contributed by atoms with Gasteiger partial charge in [-0.3, -0.25) is 14.6 Å². The fraction of sp³-hybridized carbons (Fsp3) is 0.611. The van der Waals surface area contributed by atoms with Crippen LogP contribution in [0.2, 0.25) is 0 Å². The molecule has 1 aliphatic heterocycles. The number of halogens is 1. The van der Waals surface area contributed by atoms with E-state index in [0.29, 0.717) is 12.0 Å². The van der Waals surface area contributed by atoms with Crippen LogP contribution in [0.3, 0.4) is 0 Å². The minimum Gasteiger partial charge on any atom is -0.480 e. The summed E-state index contributed by atoms with van der Waals surface area (Å²) in [7, 11) is 0. The molecule has 1 saturated carbocycles. The maximum atomic E-state index is 13.0. The second-order valence-electron chi connectivity index (χ2n) is 6.87. The number of aliphatic carboxylic acids is 1. The maximum absolute atomic E-state index is 13.0. The highest BCUT2D eigenvalue weighted by molar-refractivity contribution is 5.69. The first-order chi connectivity index (χ1) is 11.1. The van der Waals surface area contributed by atoms with E-state index in [1.807, 2.05) is 23.1 Å². The highest BCUT2D eigenvalue weighted by Gasteiger charge is 2.39. The van der Waals surface area contributed by atoms with Gasteiger partial charge in [0.05, 0.1) is 6.54 Å². The van der Waals surface area contributed by atoms with Crippen LogP contribution >= 0.6 is 0 Å². The summed E-state index contributed by atoms with van der Waals surface area (Å²) in [4.78, 5) is 15.4. The van der Waals surface area contributed by atoms with Gasteiger partial charge < -0.3 is 5.11 Å². The minimum atomic E-state index is -0.764. The zero-order chi connectivity index (χ0) is 16.4. The molecule has 1 aromatic carbocycles. The molecule has 0 radical (unpaired) electrons. The number of nitrogens with zero attached hydrogens (tertiary/aromatic N) is 2. The summed E-state index contributed by atoms with van der Waals surface area (Å²) < 4.78 is 13.0. The SMILES string of the molecule is C[C@@H]1CN(C(c2cccc(CF)c2)C2CC2)CCN1CC(=O)O. The molecule has 0 amide bonds. The van der Waals surface area contributed by atoms with Crippen LogP contribution in [0.15, 0.2) is 24.3 Å². The van der Waals surface area contributed by atoms with E-state index in [1.54, 1.807) is 0 Å². The molecule has 2 fully saturated rings. The Kier molecular flexibility index (Phi) is 4.97. The lowest BCUT2D eigenvalue weighted by atomic mass is 9.97. The molecule has 2 atom stereocenters. The number of benzene rings is 1. The van der Waals surface area contributed by atoms with Gasteiger partial charge >= 0.3 is 5.97 Å². The van der Waals surface area contributed by atoms with Crippen molar-refractivity contribution in [2.24, 2.45) is 5.92 Å². The Morgan fingerprint density at radius 1 is 1.39 bits per heavy atom. The number of rotatable bonds is 6. The van der Waals surface area contributed by atoms with Crippen molar-refractivity contribution in [3.8, 4) is 0 Å². The number of alkyl halides is 1. The lowest BCUT2D eigenvalue weighted by molar-refractivity contribution is -0.139. The highest BCUT2D eigenvalue weighted by Crippen LogP contribution is 2.45. The van der Waals surface area contributed by atoms with Crippen molar-refractivity contribution in [2.75, 3.05) is 26.2 Å². The summed E-state index contributed by atoms with van der Waals surface area (Å²) in [6, 6.07) is 8.46. The largest absolute Gasteiger partial charge is 0.480 e. The van der Waals surface area contributed by atoms with Crippen molar-refractivity contribution in [1.29, 1.82) is 0 Å². The molecule has 0 aromatic heterocycles. The van der Waals surface area contributed by atoms with Gasteiger partial charge in [0.15, 0.2) is 0 Å². The smallest absolute Gasteiger partial charge is 0.317 e. The molecule has 1 heterocycles. The van der Waals surface area contributed by atoms with Crippen molar-refractivity contribution >= 4 is 5.97 Å². The Morgan fingerprint density at radius 3 is 2.78 bits per heavy atom.